The highest BCUT2D eigenvalue weighted by Gasteiger charge is 2.25. The fraction of sp³-hybridized carbons (Fsp3) is 0.333. The van der Waals surface area contributed by atoms with Gasteiger partial charge < -0.3 is 5.11 Å². The molecule has 0 fully saturated rings. The van der Waals surface area contributed by atoms with E-state index in [1.165, 1.54) is 13.0 Å². The molecular weight excluding hydrogens is 284 g/mol. The molecule has 2 N–H and O–H groups in total. The second kappa shape index (κ2) is 5.61. The first-order chi connectivity index (χ1) is 8.24. The zero-order valence-corrected chi connectivity index (χ0v) is 10.9. The van der Waals surface area contributed by atoms with Crippen LogP contribution in [0.1, 0.15) is 6.92 Å². The Balaban J connectivity index is 3.20. The van der Waals surface area contributed by atoms with Crippen molar-refractivity contribution in [3.8, 4) is 0 Å². The lowest BCUT2D eigenvalue weighted by Gasteiger charge is -2.08. The van der Waals surface area contributed by atoms with Crippen LogP contribution in [0, 0.1) is 10.1 Å². The first-order valence-corrected chi connectivity index (χ1v) is 6.72. The van der Waals surface area contributed by atoms with Gasteiger partial charge >= 0.3 is 0 Å². The first kappa shape index (κ1) is 14.8. The average Bonchev–Trinajstić information content (AvgIpc) is 2.26. The molecule has 0 bridgehead atoms. The van der Waals surface area contributed by atoms with Gasteiger partial charge in [0.25, 0.3) is 5.69 Å². The number of nitrogens with zero attached hydrogens (tertiary/aromatic N) is 1. The average molecular weight is 295 g/mol. The summed E-state index contributed by atoms with van der Waals surface area (Å²) < 4.78 is 25.7. The third-order valence-electron chi connectivity index (χ3n) is 1.98. The van der Waals surface area contributed by atoms with Crippen LogP contribution in [0.15, 0.2) is 23.1 Å². The van der Waals surface area contributed by atoms with Crippen LogP contribution in [-0.2, 0) is 10.0 Å². The fourth-order valence-corrected chi connectivity index (χ4v) is 2.61. The fourth-order valence-electron chi connectivity index (χ4n) is 1.17. The molecule has 0 unspecified atom stereocenters. The van der Waals surface area contributed by atoms with Crippen molar-refractivity contribution in [3.63, 3.8) is 0 Å². The van der Waals surface area contributed by atoms with Crippen LogP contribution in [0.3, 0.4) is 0 Å². The van der Waals surface area contributed by atoms with Gasteiger partial charge in [-0.25, -0.2) is 13.1 Å². The summed E-state index contributed by atoms with van der Waals surface area (Å²) in [6.45, 7) is 1.15. The Morgan fingerprint density at radius 2 is 2.17 bits per heavy atom. The standard InChI is InChI=1S/C9H11ClN2O5S/c1-6(13)5-11-18(16,17)9-3-2-7(10)4-8(9)12(14)15/h2-4,6,11,13H,5H2,1H3/t6-/m0/s1. The molecule has 0 heterocycles. The molecule has 18 heavy (non-hydrogen) atoms. The maximum Gasteiger partial charge on any atom is 0.290 e. The number of nitro benzene ring substituents is 1. The van der Waals surface area contributed by atoms with Crippen LogP contribution in [0.5, 0.6) is 0 Å². The Kier molecular flexibility index (Phi) is 4.63. The van der Waals surface area contributed by atoms with Gasteiger partial charge in [0.15, 0.2) is 4.90 Å². The van der Waals surface area contributed by atoms with Crippen molar-refractivity contribution >= 4 is 27.3 Å². The van der Waals surface area contributed by atoms with E-state index in [0.29, 0.717) is 0 Å². The number of hydrogen-bond donors (Lipinski definition) is 2. The first-order valence-electron chi connectivity index (χ1n) is 4.85. The Bertz CT molecular complexity index is 558. The number of hydrogen-bond acceptors (Lipinski definition) is 5. The lowest BCUT2D eigenvalue weighted by atomic mass is 10.3. The molecule has 0 aliphatic carbocycles. The Hall–Kier alpha value is -1.22. The molecule has 0 spiro atoms. The van der Waals surface area contributed by atoms with Crippen LogP contribution >= 0.6 is 11.6 Å². The highest BCUT2D eigenvalue weighted by Crippen LogP contribution is 2.26. The van der Waals surface area contributed by atoms with Crippen molar-refractivity contribution < 1.29 is 18.4 Å². The summed E-state index contributed by atoms with van der Waals surface area (Å²) in [6.07, 6.45) is -0.897. The third-order valence-corrected chi connectivity index (χ3v) is 3.68. The molecule has 0 aliphatic rings. The lowest BCUT2D eigenvalue weighted by Crippen LogP contribution is -2.31. The summed E-state index contributed by atoms with van der Waals surface area (Å²) in [7, 11) is -4.06. The zero-order valence-electron chi connectivity index (χ0n) is 9.33. The number of nitro groups is 1. The normalized spacial score (nSPS) is 13.3. The number of benzene rings is 1. The SMILES string of the molecule is C[C@H](O)CNS(=O)(=O)c1ccc(Cl)cc1[N+](=O)[O-]. The van der Waals surface area contributed by atoms with Gasteiger partial charge in [0.2, 0.25) is 10.0 Å². The molecule has 1 atom stereocenters. The summed E-state index contributed by atoms with van der Waals surface area (Å²) in [5.41, 5.74) is -0.611. The number of halogens is 1. The molecule has 7 nitrogen and oxygen atoms in total. The van der Waals surface area contributed by atoms with E-state index in [1.54, 1.807) is 0 Å². The van der Waals surface area contributed by atoms with Crippen molar-refractivity contribution in [2.45, 2.75) is 17.9 Å². The van der Waals surface area contributed by atoms with Crippen LogP contribution in [0.25, 0.3) is 0 Å². The molecule has 0 radical (unpaired) electrons. The van der Waals surface area contributed by atoms with Gasteiger partial charge in [0, 0.05) is 17.6 Å². The highest BCUT2D eigenvalue weighted by molar-refractivity contribution is 7.89. The van der Waals surface area contributed by atoms with Crippen LogP contribution in [-0.4, -0.2) is 31.1 Å². The smallest absolute Gasteiger partial charge is 0.290 e. The molecule has 1 aromatic rings. The second-order valence-corrected chi connectivity index (χ2v) is 5.74. The molecule has 9 heteroatoms. The van der Waals surface area contributed by atoms with Crippen LogP contribution in [0.4, 0.5) is 5.69 Å². The van der Waals surface area contributed by atoms with Gasteiger partial charge in [0.1, 0.15) is 0 Å². The van der Waals surface area contributed by atoms with Crippen molar-refractivity contribution in [1.82, 2.24) is 4.72 Å². The van der Waals surface area contributed by atoms with E-state index in [0.717, 1.165) is 12.1 Å². The van der Waals surface area contributed by atoms with E-state index in [2.05, 4.69) is 4.72 Å². The molecular formula is C9H11ClN2O5S. The molecule has 0 amide bonds. The summed E-state index contributed by atoms with van der Waals surface area (Å²) in [4.78, 5) is 9.45. The number of nitrogens with one attached hydrogen (secondary N) is 1. The van der Waals surface area contributed by atoms with E-state index in [4.69, 9.17) is 16.7 Å². The monoisotopic (exact) mass is 294 g/mol. The maximum atomic E-state index is 11.8. The summed E-state index contributed by atoms with van der Waals surface area (Å²) in [5, 5.41) is 19.8. The minimum absolute atomic E-state index is 0.0659. The topological polar surface area (TPSA) is 110 Å². The van der Waals surface area contributed by atoms with E-state index in [1.807, 2.05) is 0 Å². The largest absolute Gasteiger partial charge is 0.392 e. The molecule has 100 valence electrons. The molecule has 0 aliphatic heterocycles. The minimum atomic E-state index is -4.06. The van der Waals surface area contributed by atoms with E-state index < -0.39 is 31.6 Å². The molecule has 1 rings (SSSR count). The molecule has 1 aromatic carbocycles. The van der Waals surface area contributed by atoms with Gasteiger partial charge in [-0.1, -0.05) is 11.6 Å². The van der Waals surface area contributed by atoms with Gasteiger partial charge in [-0.3, -0.25) is 10.1 Å². The van der Waals surface area contributed by atoms with Crippen molar-refractivity contribution in [2.24, 2.45) is 0 Å². The molecule has 0 saturated carbocycles. The number of aliphatic hydroxyl groups is 1. The third kappa shape index (κ3) is 3.64. The van der Waals surface area contributed by atoms with Crippen molar-refractivity contribution in [3.05, 3.63) is 33.3 Å². The van der Waals surface area contributed by atoms with Gasteiger partial charge in [0.05, 0.1) is 11.0 Å². The molecule has 0 saturated heterocycles. The van der Waals surface area contributed by atoms with Crippen molar-refractivity contribution in [2.75, 3.05) is 6.54 Å². The summed E-state index contributed by atoms with van der Waals surface area (Å²) in [5.74, 6) is 0. The predicted molar refractivity (Wildman–Crippen MR) is 65.0 cm³/mol. The summed E-state index contributed by atoms with van der Waals surface area (Å²) >= 11 is 5.58. The predicted octanol–water partition coefficient (Wildman–Crippen LogP) is 0.907. The minimum Gasteiger partial charge on any atom is -0.392 e. The van der Waals surface area contributed by atoms with Crippen molar-refractivity contribution in [1.29, 1.82) is 0 Å². The second-order valence-electron chi connectivity index (χ2n) is 3.57. The Morgan fingerprint density at radius 3 is 2.67 bits per heavy atom. The quantitative estimate of drug-likeness (QED) is 0.619. The zero-order chi connectivity index (χ0) is 13.9. The Morgan fingerprint density at radius 1 is 1.56 bits per heavy atom. The molecule has 0 aromatic heterocycles. The Labute approximate surface area is 109 Å². The lowest BCUT2D eigenvalue weighted by molar-refractivity contribution is -0.387. The van der Waals surface area contributed by atoms with E-state index in [-0.39, 0.29) is 11.6 Å². The maximum absolute atomic E-state index is 11.8. The number of rotatable bonds is 5. The number of sulfonamides is 1. The van der Waals surface area contributed by atoms with Crippen LogP contribution < -0.4 is 4.72 Å². The summed E-state index contributed by atoms with van der Waals surface area (Å²) in [6, 6.07) is 3.24. The van der Waals surface area contributed by atoms with E-state index >= 15 is 0 Å². The number of aliphatic hydroxyl groups excluding tert-OH is 1. The van der Waals surface area contributed by atoms with Crippen LogP contribution in [0.2, 0.25) is 5.02 Å². The highest BCUT2D eigenvalue weighted by atomic mass is 35.5. The van der Waals surface area contributed by atoms with Gasteiger partial charge in [-0.15, -0.1) is 0 Å². The van der Waals surface area contributed by atoms with E-state index in [9.17, 15) is 18.5 Å². The van der Waals surface area contributed by atoms with Gasteiger partial charge in [-0.05, 0) is 19.1 Å². The van der Waals surface area contributed by atoms with Gasteiger partial charge in [-0.2, -0.15) is 0 Å².